The molecule has 0 unspecified atom stereocenters. The molecule has 1 nitrogen and oxygen atoms in total. The van der Waals surface area contributed by atoms with Gasteiger partial charge >= 0.3 is 29.6 Å². The molecule has 0 heterocycles. The third-order valence-corrected chi connectivity index (χ3v) is 1.01. The number of hydrogen-bond donors (Lipinski definition) is 0. The Labute approximate surface area is 77.8 Å². The first-order valence-corrected chi connectivity index (χ1v) is 2.58. The van der Waals surface area contributed by atoms with Crippen LogP contribution in [-0.2, 0) is 0 Å². The Balaban J connectivity index is 0.000000640. The van der Waals surface area contributed by atoms with Gasteiger partial charge in [0.05, 0.1) is 0 Å². The number of nitrogens with zero attached hydrogens (tertiary/aromatic N) is 1. The summed E-state index contributed by atoms with van der Waals surface area (Å²) < 4.78 is 0. The summed E-state index contributed by atoms with van der Waals surface area (Å²) in [6.45, 7) is 0. The zero-order chi connectivity index (χ0) is 5.82. The van der Waals surface area contributed by atoms with Crippen molar-refractivity contribution >= 4 is 5.69 Å². The summed E-state index contributed by atoms with van der Waals surface area (Å²) >= 11 is 0. The van der Waals surface area contributed by atoms with E-state index in [2.05, 4.69) is 5.32 Å². The molecule has 0 aliphatic rings. The Morgan fingerprint density at radius 3 is 2.00 bits per heavy atom. The minimum Gasteiger partial charge on any atom is -0.687 e. The number of hydrogen-bond acceptors (Lipinski definition) is 0. The van der Waals surface area contributed by atoms with Gasteiger partial charge < -0.3 is 5.32 Å². The molecule has 1 aromatic carbocycles. The van der Waals surface area contributed by atoms with Gasteiger partial charge in [0.2, 0.25) is 0 Å². The molecule has 1 rings (SSSR count). The zero-order valence-electron chi connectivity index (χ0n) is 5.83. The maximum absolute atomic E-state index is 3.97. The Hall–Kier alpha value is 0.0200. The Morgan fingerprint density at radius 1 is 1.11 bits per heavy atom. The Kier molecular flexibility index (Phi) is 4.87. The predicted octanol–water partition coefficient (Wildman–Crippen LogP) is -0.674. The van der Waals surface area contributed by atoms with E-state index in [1.165, 1.54) is 0 Å². The molecule has 0 aliphatic carbocycles. The van der Waals surface area contributed by atoms with Crippen LogP contribution in [-0.4, -0.2) is 7.05 Å². The zero-order valence-corrected chi connectivity index (χ0v) is 7.83. The van der Waals surface area contributed by atoms with Crippen molar-refractivity contribution in [1.29, 1.82) is 0 Å². The van der Waals surface area contributed by atoms with Crippen molar-refractivity contribution < 1.29 is 29.6 Å². The number of benzene rings is 1. The number of para-hydroxylation sites is 1. The van der Waals surface area contributed by atoms with Crippen molar-refractivity contribution in [3.8, 4) is 0 Å². The van der Waals surface area contributed by atoms with Crippen molar-refractivity contribution in [2.45, 2.75) is 0 Å². The van der Waals surface area contributed by atoms with Crippen LogP contribution < -0.4 is 29.6 Å². The van der Waals surface area contributed by atoms with Crippen LogP contribution in [0.1, 0.15) is 0 Å². The van der Waals surface area contributed by atoms with E-state index in [0.29, 0.717) is 0 Å². The molecule has 0 aliphatic heterocycles. The first kappa shape index (κ1) is 9.02. The van der Waals surface area contributed by atoms with Gasteiger partial charge in [-0.1, -0.05) is 30.3 Å². The van der Waals surface area contributed by atoms with Gasteiger partial charge in [0.15, 0.2) is 0 Å². The molecule has 0 N–H and O–H groups in total. The van der Waals surface area contributed by atoms with E-state index in [0.717, 1.165) is 5.69 Å². The van der Waals surface area contributed by atoms with Crippen molar-refractivity contribution in [2.24, 2.45) is 0 Å². The molecule has 0 amide bonds. The first-order valence-electron chi connectivity index (χ1n) is 2.58. The van der Waals surface area contributed by atoms with Gasteiger partial charge in [0.1, 0.15) is 0 Å². The van der Waals surface area contributed by atoms with Crippen molar-refractivity contribution in [3.05, 3.63) is 35.6 Å². The minimum absolute atomic E-state index is 0. The second kappa shape index (κ2) is 4.86. The van der Waals surface area contributed by atoms with E-state index < -0.39 is 0 Å². The van der Waals surface area contributed by atoms with Crippen molar-refractivity contribution in [2.75, 3.05) is 7.05 Å². The van der Waals surface area contributed by atoms with Crippen molar-refractivity contribution in [1.82, 2.24) is 0 Å². The van der Waals surface area contributed by atoms with Gasteiger partial charge in [0.25, 0.3) is 0 Å². The second-order valence-corrected chi connectivity index (χ2v) is 1.56. The average molecular weight is 129 g/mol. The topological polar surface area (TPSA) is 14.1 Å². The summed E-state index contributed by atoms with van der Waals surface area (Å²) in [7, 11) is 1.79. The van der Waals surface area contributed by atoms with Crippen LogP contribution in [0, 0.1) is 0 Å². The van der Waals surface area contributed by atoms with Gasteiger partial charge in [-0.05, 0) is 0 Å². The summed E-state index contributed by atoms with van der Waals surface area (Å²) in [4.78, 5) is 0. The van der Waals surface area contributed by atoms with E-state index in [-0.39, 0.29) is 29.6 Å². The van der Waals surface area contributed by atoms with Gasteiger partial charge in [-0.3, -0.25) is 0 Å². The molecular weight excluding hydrogens is 121 g/mol. The third-order valence-electron chi connectivity index (χ3n) is 1.01. The molecule has 0 fully saturated rings. The molecule has 0 atom stereocenters. The van der Waals surface area contributed by atoms with Crippen LogP contribution in [0.5, 0.6) is 0 Å². The standard InChI is InChI=1S/C7H8N.Na/c1-8-7-5-3-2-4-6-7;/h2-6H,1H3;/q-1;+1. The molecule has 2 heteroatoms. The molecule has 9 heavy (non-hydrogen) atoms. The summed E-state index contributed by atoms with van der Waals surface area (Å²) in [6.07, 6.45) is 0. The SMILES string of the molecule is C[N-]c1ccccc1.[Na+]. The fourth-order valence-electron chi connectivity index (χ4n) is 0.577. The summed E-state index contributed by atoms with van der Waals surface area (Å²) in [5, 5.41) is 3.97. The summed E-state index contributed by atoms with van der Waals surface area (Å²) in [5.41, 5.74) is 1.03. The van der Waals surface area contributed by atoms with Gasteiger partial charge in [0, 0.05) is 0 Å². The molecule has 0 bridgehead atoms. The summed E-state index contributed by atoms with van der Waals surface area (Å²) in [6, 6.07) is 9.87. The predicted molar refractivity (Wildman–Crippen MR) is 35.4 cm³/mol. The Bertz CT molecular complexity index is 150. The van der Waals surface area contributed by atoms with E-state index in [1.807, 2.05) is 30.3 Å². The van der Waals surface area contributed by atoms with Crippen LogP contribution in [0.2, 0.25) is 0 Å². The smallest absolute Gasteiger partial charge is 0.687 e. The minimum atomic E-state index is 0. The van der Waals surface area contributed by atoms with E-state index in [1.54, 1.807) is 7.05 Å². The van der Waals surface area contributed by atoms with E-state index >= 15 is 0 Å². The van der Waals surface area contributed by atoms with Gasteiger partial charge in [-0.25, -0.2) is 0 Å². The second-order valence-electron chi connectivity index (χ2n) is 1.56. The van der Waals surface area contributed by atoms with Crippen LogP contribution >= 0.6 is 0 Å². The fourth-order valence-corrected chi connectivity index (χ4v) is 0.577. The maximum Gasteiger partial charge on any atom is 1.00 e. The molecule has 0 spiro atoms. The van der Waals surface area contributed by atoms with E-state index in [9.17, 15) is 0 Å². The van der Waals surface area contributed by atoms with Crippen LogP contribution in [0.4, 0.5) is 5.69 Å². The molecule has 0 aromatic heterocycles. The van der Waals surface area contributed by atoms with E-state index in [4.69, 9.17) is 0 Å². The van der Waals surface area contributed by atoms with Crippen molar-refractivity contribution in [3.63, 3.8) is 0 Å². The molecule has 1 aromatic rings. The van der Waals surface area contributed by atoms with Crippen LogP contribution in [0.15, 0.2) is 30.3 Å². The normalized spacial score (nSPS) is 7.67. The molecule has 0 saturated heterocycles. The monoisotopic (exact) mass is 129 g/mol. The largest absolute Gasteiger partial charge is 1.00 e. The maximum atomic E-state index is 3.97. The van der Waals surface area contributed by atoms with Gasteiger partial charge in [-0.15, -0.1) is 12.7 Å². The fraction of sp³-hybridized carbons (Fsp3) is 0.143. The average Bonchev–Trinajstić information content (AvgIpc) is 1.90. The quantitative estimate of drug-likeness (QED) is 0.446. The van der Waals surface area contributed by atoms with Gasteiger partial charge in [-0.2, -0.15) is 0 Å². The Morgan fingerprint density at radius 2 is 1.67 bits per heavy atom. The first-order chi connectivity index (χ1) is 3.93. The molecule has 0 radical (unpaired) electrons. The molecule has 42 valence electrons. The third kappa shape index (κ3) is 2.89. The van der Waals surface area contributed by atoms with Crippen LogP contribution in [0.3, 0.4) is 0 Å². The number of rotatable bonds is 1. The molecular formula is C7H8NNa. The molecule has 0 saturated carbocycles. The summed E-state index contributed by atoms with van der Waals surface area (Å²) in [5.74, 6) is 0. The van der Waals surface area contributed by atoms with Crippen LogP contribution in [0.25, 0.3) is 5.32 Å².